The summed E-state index contributed by atoms with van der Waals surface area (Å²) < 4.78 is 34.0. The predicted octanol–water partition coefficient (Wildman–Crippen LogP) is -4.87. The van der Waals surface area contributed by atoms with Gasteiger partial charge in [0.05, 0.1) is 0 Å². The molecule has 7 heavy (non-hydrogen) atoms. The van der Waals surface area contributed by atoms with Gasteiger partial charge in [0.25, 0.3) is 0 Å². The molecule has 0 rings (SSSR count). The average molecular weight is 256 g/mol. The van der Waals surface area contributed by atoms with Crippen LogP contribution in [0.4, 0.5) is 0 Å². The molecule has 0 aliphatic rings. The van der Waals surface area contributed by atoms with Gasteiger partial charge < -0.3 is 5.48 Å². The second-order valence-electron chi connectivity index (χ2n) is 0.378. The van der Waals surface area contributed by atoms with Gasteiger partial charge in [-0.15, -0.1) is 10.2 Å². The molecular formula is CeClO5. The molecule has 1 radical (unpaired) electrons. The second kappa shape index (κ2) is 5.60. The Morgan fingerprint density at radius 2 is 0.857 bits per heavy atom. The minimum atomic E-state index is -4.94. The topological polar surface area (TPSA) is 121 Å². The maximum atomic E-state index is 8.49. The molecule has 0 amide bonds. The van der Waals surface area contributed by atoms with Crippen molar-refractivity contribution >= 4 is 0 Å². The van der Waals surface area contributed by atoms with Gasteiger partial charge in [0.15, 0.2) is 0 Å². The van der Waals surface area contributed by atoms with Crippen LogP contribution in [-0.2, 0) is 5.48 Å². The monoisotopic (exact) mass is 255 g/mol. The van der Waals surface area contributed by atoms with Gasteiger partial charge in [-0.2, -0.15) is 0 Å². The summed E-state index contributed by atoms with van der Waals surface area (Å²) in [6, 6.07) is 0. The van der Waals surface area contributed by atoms with Gasteiger partial charge in [-0.3, -0.25) is 0 Å². The fourth-order valence-corrected chi connectivity index (χ4v) is 0. The van der Waals surface area contributed by atoms with E-state index in [-0.39, 0.29) is 47.2 Å². The Kier molecular flexibility index (Phi) is 12.6. The molecule has 0 aromatic heterocycles. The molecule has 0 aliphatic carbocycles. The largest absolute Gasteiger partial charge is 3.00 e. The Hall–Kier alpha value is 1.47. The van der Waals surface area contributed by atoms with Crippen LogP contribution in [0.25, 0.3) is 0 Å². The molecule has 0 unspecified atom stereocenters. The Labute approximate surface area is 75.4 Å². The first-order valence-corrected chi connectivity index (χ1v) is 1.85. The van der Waals surface area contributed by atoms with Crippen molar-refractivity contribution in [1.29, 1.82) is 0 Å². The zero-order valence-corrected chi connectivity index (χ0v) is 6.82. The first-order valence-electron chi connectivity index (χ1n) is 0.617. The van der Waals surface area contributed by atoms with Gasteiger partial charge in [0.1, 0.15) is 0 Å². The van der Waals surface area contributed by atoms with Gasteiger partial charge in [0, 0.05) is 0 Å². The molecule has 41 valence electrons. The van der Waals surface area contributed by atoms with E-state index in [4.69, 9.17) is 18.6 Å². The molecule has 0 heterocycles. The number of rotatable bonds is 0. The quantitative estimate of drug-likeness (QED) is 0.431. The first kappa shape index (κ1) is 15.8. The van der Waals surface area contributed by atoms with E-state index in [2.05, 4.69) is 0 Å². The molecule has 0 fully saturated rings. The average Bonchev–Trinajstić information content (AvgIpc) is 0.722. The summed E-state index contributed by atoms with van der Waals surface area (Å²) in [4.78, 5) is 0. The van der Waals surface area contributed by atoms with E-state index in [1.807, 2.05) is 0 Å². The van der Waals surface area contributed by atoms with Crippen LogP contribution in [-0.4, -0.2) is 0 Å². The van der Waals surface area contributed by atoms with Crippen LogP contribution >= 0.6 is 0 Å². The fraction of sp³-hybridized carbons (Fsp3) is 0. The van der Waals surface area contributed by atoms with Crippen LogP contribution in [0, 0.1) is 52.0 Å². The van der Waals surface area contributed by atoms with Crippen molar-refractivity contribution in [3.63, 3.8) is 0 Å². The molecule has 0 N–H and O–H groups in total. The molecule has 0 aromatic rings. The first-order chi connectivity index (χ1) is 2.00. The summed E-state index contributed by atoms with van der Waals surface area (Å²) in [5.74, 6) is 0. The number of hydrogen-bond donors (Lipinski definition) is 0. The Morgan fingerprint density at radius 1 is 0.857 bits per heavy atom. The van der Waals surface area contributed by atoms with E-state index < -0.39 is 10.2 Å². The molecule has 0 bridgehead atoms. The smallest absolute Gasteiger partial charge is 2.00 e. The Morgan fingerprint density at radius 3 is 0.857 bits per heavy atom. The van der Waals surface area contributed by atoms with Crippen LogP contribution in [0.15, 0.2) is 0 Å². The van der Waals surface area contributed by atoms with Crippen molar-refractivity contribution in [3.05, 3.63) is 0 Å². The van der Waals surface area contributed by atoms with Gasteiger partial charge in [-0.1, -0.05) is 0 Å². The van der Waals surface area contributed by atoms with Crippen LogP contribution in [0.2, 0.25) is 0 Å². The van der Waals surface area contributed by atoms with E-state index >= 15 is 0 Å². The molecular weight excluding hydrogens is 256 g/mol. The van der Waals surface area contributed by atoms with Crippen LogP contribution in [0.3, 0.4) is 0 Å². The summed E-state index contributed by atoms with van der Waals surface area (Å²) in [5.41, 5.74) is 0. The summed E-state index contributed by atoms with van der Waals surface area (Å²) in [7, 11) is -4.94. The fourth-order valence-electron chi connectivity index (χ4n) is 0. The Balaban J connectivity index is -0.0000000800. The molecule has 0 aliphatic heterocycles. The minimum absolute atomic E-state index is 0. The molecule has 7 heteroatoms. The summed E-state index contributed by atoms with van der Waals surface area (Å²) >= 11 is 0. The van der Waals surface area contributed by atoms with Crippen LogP contribution in [0.1, 0.15) is 0 Å². The molecule has 0 atom stereocenters. The van der Waals surface area contributed by atoms with E-state index in [0.717, 1.165) is 0 Å². The van der Waals surface area contributed by atoms with Crippen LogP contribution in [0.5, 0.6) is 0 Å². The minimum Gasteiger partial charge on any atom is -2.00 e. The molecule has 0 saturated heterocycles. The third-order valence-corrected chi connectivity index (χ3v) is 0. The van der Waals surface area contributed by atoms with Crippen LogP contribution < -0.4 is 18.6 Å². The molecule has 0 spiro atoms. The SMILES string of the molecule is [Ce+3].[O-2].[O-][Cl+3]([O-])([O-])[O-]. The predicted molar refractivity (Wildman–Crippen MR) is 0.686 cm³/mol. The maximum absolute atomic E-state index is 8.49. The van der Waals surface area contributed by atoms with Gasteiger partial charge in [-0.05, 0) is 0 Å². The maximum Gasteiger partial charge on any atom is 3.00 e. The summed E-state index contributed by atoms with van der Waals surface area (Å²) in [6.07, 6.45) is 0. The van der Waals surface area contributed by atoms with Crippen molar-refractivity contribution in [2.45, 2.75) is 0 Å². The van der Waals surface area contributed by atoms with Crippen molar-refractivity contribution in [2.24, 2.45) is 0 Å². The Bertz CT molecular complexity index is 23.6. The normalized spacial score (nSPS) is 8.57. The van der Waals surface area contributed by atoms with E-state index in [1.165, 1.54) is 0 Å². The van der Waals surface area contributed by atoms with Crippen molar-refractivity contribution in [2.75, 3.05) is 0 Å². The third kappa shape index (κ3) is 104. The number of halogens is 1. The van der Waals surface area contributed by atoms with Gasteiger partial charge >= 0.3 is 41.7 Å². The molecule has 5 nitrogen and oxygen atoms in total. The zero-order valence-electron chi connectivity index (χ0n) is 2.92. The number of hydrogen-bond acceptors (Lipinski definition) is 4. The van der Waals surface area contributed by atoms with E-state index in [0.29, 0.717) is 0 Å². The third-order valence-electron chi connectivity index (χ3n) is 0. The van der Waals surface area contributed by atoms with Gasteiger partial charge in [-0.25, -0.2) is 18.6 Å². The second-order valence-corrected chi connectivity index (χ2v) is 1.13. The van der Waals surface area contributed by atoms with E-state index in [1.54, 1.807) is 0 Å². The standard InChI is InChI=1S/Ce.ClHO4.O/c;2-1(3,4)5;/h;(H,2,3,4,5);/q+3;;-2/p-1. The summed E-state index contributed by atoms with van der Waals surface area (Å²) in [6.45, 7) is 0. The van der Waals surface area contributed by atoms with Gasteiger partial charge in [0.2, 0.25) is 0 Å². The van der Waals surface area contributed by atoms with Crippen molar-refractivity contribution in [1.82, 2.24) is 0 Å². The van der Waals surface area contributed by atoms with E-state index in [9.17, 15) is 0 Å². The van der Waals surface area contributed by atoms with Crippen molar-refractivity contribution in [3.8, 4) is 0 Å². The molecule has 0 saturated carbocycles. The molecule has 0 aromatic carbocycles. The zero-order chi connectivity index (χ0) is 4.50. The van der Waals surface area contributed by atoms with Crippen molar-refractivity contribution < 1.29 is 76.1 Å². The summed E-state index contributed by atoms with van der Waals surface area (Å²) in [5, 5.41) is 0.